The van der Waals surface area contributed by atoms with E-state index in [1.807, 2.05) is 18.2 Å². The summed E-state index contributed by atoms with van der Waals surface area (Å²) in [5.74, 6) is -0.922. The van der Waals surface area contributed by atoms with Gasteiger partial charge < -0.3 is 10.5 Å². The molecule has 2 N–H and O–H groups in total. The van der Waals surface area contributed by atoms with E-state index in [4.69, 9.17) is 10.5 Å². The fraction of sp³-hybridized carbons (Fsp3) is 0.294. The molecule has 0 aromatic heterocycles. The first-order chi connectivity index (χ1) is 10.2. The predicted molar refractivity (Wildman–Crippen MR) is 79.3 cm³/mol. The zero-order valence-corrected chi connectivity index (χ0v) is 11.8. The fourth-order valence-corrected chi connectivity index (χ4v) is 2.25. The lowest BCUT2D eigenvalue weighted by Crippen LogP contribution is -2.13. The molecule has 2 nitrogen and oxygen atoms in total. The lowest BCUT2D eigenvalue weighted by molar-refractivity contribution is 0.287. The van der Waals surface area contributed by atoms with E-state index in [0.29, 0.717) is 13.2 Å². The molecule has 0 saturated heterocycles. The van der Waals surface area contributed by atoms with E-state index in [0.717, 1.165) is 18.9 Å². The fourth-order valence-electron chi connectivity index (χ4n) is 2.25. The third-order valence-electron chi connectivity index (χ3n) is 3.40. The lowest BCUT2D eigenvalue weighted by atomic mass is 9.95. The highest BCUT2D eigenvalue weighted by Crippen LogP contribution is 2.21. The van der Waals surface area contributed by atoms with Crippen LogP contribution in [0.1, 0.15) is 24.3 Å². The monoisotopic (exact) mass is 291 g/mol. The van der Waals surface area contributed by atoms with Gasteiger partial charge in [-0.25, -0.2) is 8.78 Å². The van der Waals surface area contributed by atoms with Gasteiger partial charge in [0, 0.05) is 6.07 Å². The molecule has 21 heavy (non-hydrogen) atoms. The van der Waals surface area contributed by atoms with Crippen molar-refractivity contribution in [2.24, 2.45) is 5.73 Å². The Morgan fingerprint density at radius 2 is 1.81 bits per heavy atom. The molecule has 0 spiro atoms. The highest BCUT2D eigenvalue weighted by Gasteiger charge is 2.10. The van der Waals surface area contributed by atoms with Crippen molar-refractivity contribution in [3.05, 3.63) is 65.7 Å². The Hall–Kier alpha value is -1.94. The molecule has 0 aliphatic heterocycles. The van der Waals surface area contributed by atoms with Gasteiger partial charge in [-0.3, -0.25) is 0 Å². The number of nitrogens with two attached hydrogens (primary N) is 1. The molecule has 0 aliphatic rings. The summed E-state index contributed by atoms with van der Waals surface area (Å²) in [5.41, 5.74) is 7.00. The maximum absolute atomic E-state index is 13.4. The predicted octanol–water partition coefficient (Wildman–Crippen LogP) is 3.87. The van der Waals surface area contributed by atoms with Crippen LogP contribution in [-0.4, -0.2) is 13.2 Å². The average Bonchev–Trinajstić information content (AvgIpc) is 2.50. The Morgan fingerprint density at radius 3 is 2.48 bits per heavy atom. The molecule has 0 aliphatic carbocycles. The molecule has 1 unspecified atom stereocenters. The topological polar surface area (TPSA) is 35.2 Å². The van der Waals surface area contributed by atoms with E-state index in [-0.39, 0.29) is 11.7 Å². The van der Waals surface area contributed by atoms with Gasteiger partial charge in [0.2, 0.25) is 0 Å². The van der Waals surface area contributed by atoms with E-state index >= 15 is 0 Å². The Kier molecular flexibility index (Phi) is 5.69. The van der Waals surface area contributed by atoms with Gasteiger partial charge in [0.05, 0.1) is 6.61 Å². The molecule has 0 heterocycles. The van der Waals surface area contributed by atoms with E-state index in [1.54, 1.807) is 0 Å². The minimum atomic E-state index is -0.673. The minimum absolute atomic E-state index is 0.0837. The van der Waals surface area contributed by atoms with Crippen molar-refractivity contribution >= 4 is 0 Å². The second-order valence-electron chi connectivity index (χ2n) is 4.91. The van der Waals surface area contributed by atoms with Gasteiger partial charge in [0.25, 0.3) is 0 Å². The van der Waals surface area contributed by atoms with E-state index in [1.165, 1.54) is 17.7 Å². The standard InChI is InChI=1S/C17H19F2NO/c18-15-8-9-17(16(19)11-15)21-10-4-7-14(12-20)13-5-2-1-3-6-13/h1-3,5-6,8-9,11,14H,4,7,10,12,20H2. The van der Waals surface area contributed by atoms with Crippen molar-refractivity contribution in [2.45, 2.75) is 18.8 Å². The van der Waals surface area contributed by atoms with E-state index < -0.39 is 11.6 Å². The van der Waals surface area contributed by atoms with E-state index in [2.05, 4.69) is 12.1 Å². The van der Waals surface area contributed by atoms with Crippen LogP contribution in [0.2, 0.25) is 0 Å². The zero-order chi connectivity index (χ0) is 15.1. The molecule has 112 valence electrons. The van der Waals surface area contributed by atoms with Crippen LogP contribution in [0.5, 0.6) is 5.75 Å². The van der Waals surface area contributed by atoms with Crippen LogP contribution in [0, 0.1) is 11.6 Å². The van der Waals surface area contributed by atoms with Crippen molar-refractivity contribution in [1.29, 1.82) is 0 Å². The van der Waals surface area contributed by atoms with Crippen LogP contribution in [0.25, 0.3) is 0 Å². The minimum Gasteiger partial charge on any atom is -0.491 e. The van der Waals surface area contributed by atoms with Gasteiger partial charge in [-0.15, -0.1) is 0 Å². The number of hydrogen-bond acceptors (Lipinski definition) is 2. The maximum Gasteiger partial charge on any atom is 0.167 e. The third kappa shape index (κ3) is 4.53. The smallest absolute Gasteiger partial charge is 0.167 e. The summed E-state index contributed by atoms with van der Waals surface area (Å²) in [7, 11) is 0. The number of benzene rings is 2. The van der Waals surface area contributed by atoms with Crippen LogP contribution in [-0.2, 0) is 0 Å². The van der Waals surface area contributed by atoms with Crippen molar-refractivity contribution in [2.75, 3.05) is 13.2 Å². The van der Waals surface area contributed by atoms with Gasteiger partial charge in [-0.05, 0) is 43.0 Å². The first kappa shape index (κ1) is 15.4. The Balaban J connectivity index is 1.81. The molecular weight excluding hydrogens is 272 g/mol. The van der Waals surface area contributed by atoms with Gasteiger partial charge in [0.15, 0.2) is 11.6 Å². The summed E-state index contributed by atoms with van der Waals surface area (Å²) in [6.07, 6.45) is 1.62. The summed E-state index contributed by atoms with van der Waals surface area (Å²) in [6.45, 7) is 0.945. The zero-order valence-electron chi connectivity index (χ0n) is 11.8. The Bertz CT molecular complexity index is 560. The van der Waals surface area contributed by atoms with Crippen molar-refractivity contribution in [3.63, 3.8) is 0 Å². The van der Waals surface area contributed by atoms with Crippen molar-refractivity contribution < 1.29 is 13.5 Å². The lowest BCUT2D eigenvalue weighted by Gasteiger charge is -2.15. The number of rotatable bonds is 7. The Labute approximate surface area is 123 Å². The van der Waals surface area contributed by atoms with Crippen LogP contribution in [0.3, 0.4) is 0 Å². The molecule has 2 rings (SSSR count). The molecular formula is C17H19F2NO. The molecule has 0 bridgehead atoms. The van der Waals surface area contributed by atoms with Crippen molar-refractivity contribution in [1.82, 2.24) is 0 Å². The second-order valence-corrected chi connectivity index (χ2v) is 4.91. The number of hydrogen-bond donors (Lipinski definition) is 1. The van der Waals surface area contributed by atoms with Crippen LogP contribution in [0.15, 0.2) is 48.5 Å². The molecule has 0 fully saturated rings. The maximum atomic E-state index is 13.4. The summed E-state index contributed by atoms with van der Waals surface area (Å²) in [5, 5.41) is 0. The molecule has 1 atom stereocenters. The van der Waals surface area contributed by atoms with Crippen LogP contribution < -0.4 is 10.5 Å². The van der Waals surface area contributed by atoms with Gasteiger partial charge >= 0.3 is 0 Å². The van der Waals surface area contributed by atoms with Crippen molar-refractivity contribution in [3.8, 4) is 5.75 Å². The molecule has 0 amide bonds. The summed E-state index contributed by atoms with van der Waals surface area (Å²) in [6, 6.07) is 13.4. The normalized spacial score (nSPS) is 12.1. The van der Waals surface area contributed by atoms with Gasteiger partial charge in [0.1, 0.15) is 5.82 Å². The van der Waals surface area contributed by atoms with E-state index in [9.17, 15) is 8.78 Å². The largest absolute Gasteiger partial charge is 0.491 e. The van der Waals surface area contributed by atoms with Gasteiger partial charge in [-0.2, -0.15) is 0 Å². The summed E-state index contributed by atoms with van der Waals surface area (Å²) >= 11 is 0. The molecule has 0 radical (unpaired) electrons. The first-order valence-corrected chi connectivity index (χ1v) is 7.03. The van der Waals surface area contributed by atoms with Crippen LogP contribution in [0.4, 0.5) is 8.78 Å². The highest BCUT2D eigenvalue weighted by atomic mass is 19.1. The summed E-state index contributed by atoms with van der Waals surface area (Å²) in [4.78, 5) is 0. The first-order valence-electron chi connectivity index (χ1n) is 7.03. The SMILES string of the molecule is NCC(CCCOc1ccc(F)cc1F)c1ccccc1. The molecule has 2 aromatic rings. The summed E-state index contributed by atoms with van der Waals surface area (Å²) < 4.78 is 31.5. The highest BCUT2D eigenvalue weighted by molar-refractivity contribution is 5.24. The van der Waals surface area contributed by atoms with Crippen LogP contribution >= 0.6 is 0 Å². The number of ether oxygens (including phenoxy) is 1. The van der Waals surface area contributed by atoms with Gasteiger partial charge in [-0.1, -0.05) is 30.3 Å². The molecule has 2 aromatic carbocycles. The quantitative estimate of drug-likeness (QED) is 0.786. The average molecular weight is 291 g/mol. The molecule has 4 heteroatoms. The Morgan fingerprint density at radius 1 is 1.05 bits per heavy atom. The molecule has 0 saturated carbocycles. The third-order valence-corrected chi connectivity index (χ3v) is 3.40. The number of halogens is 2. The second kappa shape index (κ2) is 7.74.